The van der Waals surface area contributed by atoms with Gasteiger partial charge < -0.3 is 14.7 Å². The first-order valence-electron chi connectivity index (χ1n) is 6.91. The number of nitrogens with zero attached hydrogens (tertiary/aromatic N) is 1. The second kappa shape index (κ2) is 6.93. The number of aromatic hydroxyl groups is 1. The van der Waals surface area contributed by atoms with Crippen molar-refractivity contribution in [3.8, 4) is 5.75 Å². The van der Waals surface area contributed by atoms with E-state index in [1.165, 1.54) is 24.3 Å². The number of benzene rings is 1. The maximum atomic E-state index is 11.9. The molecule has 0 unspecified atom stereocenters. The summed E-state index contributed by atoms with van der Waals surface area (Å²) in [5.74, 6) is -0.602. The van der Waals surface area contributed by atoms with Crippen LogP contribution in [0.5, 0.6) is 5.75 Å². The van der Waals surface area contributed by atoms with E-state index >= 15 is 0 Å². The Morgan fingerprint density at radius 3 is 2.25 bits per heavy atom. The molecule has 20 heavy (non-hydrogen) atoms. The third-order valence-electron chi connectivity index (χ3n) is 3.39. The van der Waals surface area contributed by atoms with Gasteiger partial charge in [0.15, 0.2) is 6.61 Å². The van der Waals surface area contributed by atoms with E-state index in [-0.39, 0.29) is 18.3 Å². The van der Waals surface area contributed by atoms with Crippen LogP contribution in [0.15, 0.2) is 24.3 Å². The van der Waals surface area contributed by atoms with Crippen molar-refractivity contribution in [3.63, 3.8) is 0 Å². The largest absolute Gasteiger partial charge is 0.508 e. The van der Waals surface area contributed by atoms with Crippen LogP contribution in [0, 0.1) is 0 Å². The van der Waals surface area contributed by atoms with Crippen LogP contribution in [-0.4, -0.2) is 41.6 Å². The highest BCUT2D eigenvalue weighted by molar-refractivity contribution is 5.91. The lowest BCUT2D eigenvalue weighted by atomic mass is 10.2. The van der Waals surface area contributed by atoms with Crippen LogP contribution in [0.1, 0.15) is 36.0 Å². The summed E-state index contributed by atoms with van der Waals surface area (Å²) >= 11 is 0. The standard InChI is InChI=1S/C15H19NO4/c17-13-7-5-12(6-8-13)15(19)20-11-14(18)16-9-3-1-2-4-10-16/h5-8,17H,1-4,9-11H2. The number of esters is 1. The molecule has 1 heterocycles. The second-order valence-electron chi connectivity index (χ2n) is 4.92. The Kier molecular flexibility index (Phi) is 4.98. The van der Waals surface area contributed by atoms with E-state index in [9.17, 15) is 9.59 Å². The molecule has 0 aliphatic carbocycles. The SMILES string of the molecule is O=C(OCC(=O)N1CCCCCC1)c1ccc(O)cc1. The van der Waals surface area contributed by atoms with Gasteiger partial charge in [-0.15, -0.1) is 0 Å². The topological polar surface area (TPSA) is 66.8 Å². The van der Waals surface area contributed by atoms with Crippen LogP contribution in [0.4, 0.5) is 0 Å². The molecule has 5 nitrogen and oxygen atoms in total. The highest BCUT2D eigenvalue weighted by Gasteiger charge is 2.17. The van der Waals surface area contributed by atoms with Crippen molar-refractivity contribution in [3.05, 3.63) is 29.8 Å². The molecular weight excluding hydrogens is 258 g/mol. The third kappa shape index (κ3) is 3.98. The minimum Gasteiger partial charge on any atom is -0.508 e. The summed E-state index contributed by atoms with van der Waals surface area (Å²) < 4.78 is 5.01. The fourth-order valence-electron chi connectivity index (χ4n) is 2.22. The molecule has 0 bridgehead atoms. The average Bonchev–Trinajstić information content (AvgIpc) is 2.74. The van der Waals surface area contributed by atoms with Crippen LogP contribution >= 0.6 is 0 Å². The molecule has 1 N–H and O–H groups in total. The monoisotopic (exact) mass is 277 g/mol. The van der Waals surface area contributed by atoms with Crippen molar-refractivity contribution in [2.24, 2.45) is 0 Å². The number of phenolic OH excluding ortho intramolecular Hbond substituents is 1. The molecule has 2 rings (SSSR count). The summed E-state index contributed by atoms with van der Waals surface area (Å²) in [6, 6.07) is 5.75. The molecule has 0 atom stereocenters. The number of hydrogen-bond donors (Lipinski definition) is 1. The zero-order valence-electron chi connectivity index (χ0n) is 11.4. The molecule has 0 radical (unpaired) electrons. The van der Waals surface area contributed by atoms with Crippen LogP contribution in [0.2, 0.25) is 0 Å². The highest BCUT2D eigenvalue weighted by atomic mass is 16.5. The number of phenols is 1. The number of rotatable bonds is 3. The minimum absolute atomic E-state index is 0.0854. The normalized spacial score (nSPS) is 15.5. The summed E-state index contributed by atoms with van der Waals surface area (Å²) in [5.41, 5.74) is 0.325. The first-order chi connectivity index (χ1) is 9.66. The highest BCUT2D eigenvalue weighted by Crippen LogP contribution is 2.12. The molecule has 5 heteroatoms. The zero-order chi connectivity index (χ0) is 14.4. The van der Waals surface area contributed by atoms with Crippen molar-refractivity contribution in [2.75, 3.05) is 19.7 Å². The number of amides is 1. The van der Waals surface area contributed by atoms with Gasteiger partial charge in [0.2, 0.25) is 0 Å². The van der Waals surface area contributed by atoms with Gasteiger partial charge in [0, 0.05) is 13.1 Å². The van der Waals surface area contributed by atoms with Gasteiger partial charge in [-0.3, -0.25) is 4.79 Å². The van der Waals surface area contributed by atoms with E-state index in [1.54, 1.807) is 4.90 Å². The van der Waals surface area contributed by atoms with Crippen molar-refractivity contribution in [1.29, 1.82) is 0 Å². The third-order valence-corrected chi connectivity index (χ3v) is 3.39. The van der Waals surface area contributed by atoms with Gasteiger partial charge in [-0.25, -0.2) is 4.79 Å². The van der Waals surface area contributed by atoms with Crippen molar-refractivity contribution < 1.29 is 19.4 Å². The quantitative estimate of drug-likeness (QED) is 0.858. The molecule has 1 saturated heterocycles. The molecule has 108 valence electrons. The van der Waals surface area contributed by atoms with Gasteiger partial charge >= 0.3 is 5.97 Å². The molecule has 1 aliphatic heterocycles. The Balaban J connectivity index is 1.83. The van der Waals surface area contributed by atoms with Crippen molar-refractivity contribution in [1.82, 2.24) is 4.90 Å². The maximum absolute atomic E-state index is 11.9. The molecule has 0 saturated carbocycles. The van der Waals surface area contributed by atoms with Crippen LogP contribution in [-0.2, 0) is 9.53 Å². The van der Waals surface area contributed by atoms with Gasteiger partial charge in [-0.1, -0.05) is 12.8 Å². The fraction of sp³-hybridized carbons (Fsp3) is 0.467. The summed E-state index contributed by atoms with van der Waals surface area (Å²) in [5, 5.41) is 9.14. The second-order valence-corrected chi connectivity index (χ2v) is 4.92. The summed E-state index contributed by atoms with van der Waals surface area (Å²) in [6.07, 6.45) is 4.32. The van der Waals surface area contributed by atoms with Crippen molar-refractivity contribution >= 4 is 11.9 Å². The summed E-state index contributed by atoms with van der Waals surface area (Å²) in [4.78, 5) is 25.4. The lowest BCUT2D eigenvalue weighted by Crippen LogP contribution is -2.35. The number of hydrogen-bond acceptors (Lipinski definition) is 4. The summed E-state index contributed by atoms with van der Waals surface area (Å²) in [7, 11) is 0. The molecule has 1 aliphatic rings. The van der Waals surface area contributed by atoms with Crippen LogP contribution in [0.3, 0.4) is 0 Å². The van der Waals surface area contributed by atoms with Crippen LogP contribution in [0.25, 0.3) is 0 Å². The lowest BCUT2D eigenvalue weighted by molar-refractivity contribution is -0.134. The molecule has 1 aromatic rings. The molecule has 0 spiro atoms. The first-order valence-corrected chi connectivity index (χ1v) is 6.91. The van der Waals surface area contributed by atoms with E-state index < -0.39 is 5.97 Å². The Morgan fingerprint density at radius 2 is 1.65 bits per heavy atom. The van der Waals surface area contributed by atoms with Gasteiger partial charge in [-0.2, -0.15) is 0 Å². The minimum atomic E-state index is -0.548. The maximum Gasteiger partial charge on any atom is 0.338 e. The predicted octanol–water partition coefficient (Wildman–Crippen LogP) is 1.95. The zero-order valence-corrected chi connectivity index (χ0v) is 11.4. The predicted molar refractivity (Wildman–Crippen MR) is 73.4 cm³/mol. The van der Waals surface area contributed by atoms with Crippen molar-refractivity contribution in [2.45, 2.75) is 25.7 Å². The van der Waals surface area contributed by atoms with E-state index in [2.05, 4.69) is 0 Å². The first kappa shape index (κ1) is 14.4. The smallest absolute Gasteiger partial charge is 0.338 e. The fourth-order valence-corrected chi connectivity index (χ4v) is 2.22. The lowest BCUT2D eigenvalue weighted by Gasteiger charge is -2.19. The molecule has 1 fully saturated rings. The molecule has 0 aromatic heterocycles. The van der Waals surface area contributed by atoms with Gasteiger partial charge in [0.25, 0.3) is 5.91 Å². The van der Waals surface area contributed by atoms with Crippen LogP contribution < -0.4 is 0 Å². The Hall–Kier alpha value is -2.04. The van der Waals surface area contributed by atoms with E-state index in [0.29, 0.717) is 5.56 Å². The average molecular weight is 277 g/mol. The molecule has 1 amide bonds. The van der Waals surface area contributed by atoms with E-state index in [1.807, 2.05) is 0 Å². The number of carbonyl (C=O) groups is 2. The van der Waals surface area contributed by atoms with E-state index in [0.717, 1.165) is 38.8 Å². The summed E-state index contributed by atoms with van der Waals surface area (Å²) in [6.45, 7) is 1.27. The number of likely N-dealkylation sites (tertiary alicyclic amines) is 1. The number of carbonyl (C=O) groups excluding carboxylic acids is 2. The van der Waals surface area contributed by atoms with E-state index in [4.69, 9.17) is 9.84 Å². The Labute approximate surface area is 118 Å². The van der Waals surface area contributed by atoms with Gasteiger partial charge in [-0.05, 0) is 37.1 Å². The number of ether oxygens (including phenoxy) is 1. The van der Waals surface area contributed by atoms with Gasteiger partial charge in [0.1, 0.15) is 5.75 Å². The molecule has 1 aromatic carbocycles. The van der Waals surface area contributed by atoms with Gasteiger partial charge in [0.05, 0.1) is 5.56 Å². The Morgan fingerprint density at radius 1 is 1.05 bits per heavy atom. The Bertz CT molecular complexity index is 461. The molecular formula is C15H19NO4.